The fraction of sp³-hybridized carbons (Fsp3) is 0.333. The maximum absolute atomic E-state index is 2.36. The second kappa shape index (κ2) is 2.78. The number of allylic oxidation sites excluding steroid dienone is 8. The van der Waals surface area contributed by atoms with Gasteiger partial charge in [0.05, 0.1) is 0 Å². The van der Waals surface area contributed by atoms with Crippen molar-refractivity contribution in [3.05, 3.63) is 47.1 Å². The third-order valence-electron chi connectivity index (χ3n) is 2.68. The molecule has 62 valence electrons. The second-order valence-corrected chi connectivity index (χ2v) is 3.61. The molecule has 0 nitrogen and oxygen atoms in total. The highest BCUT2D eigenvalue weighted by Gasteiger charge is 2.19. The maximum Gasteiger partial charge on any atom is -0.0150 e. The zero-order valence-electron chi connectivity index (χ0n) is 7.67. The van der Waals surface area contributed by atoms with Crippen LogP contribution >= 0.6 is 0 Å². The summed E-state index contributed by atoms with van der Waals surface area (Å²) in [5.74, 6) is 0.714. The lowest BCUT2D eigenvalue weighted by atomic mass is 9.97. The molecule has 0 radical (unpaired) electrons. The van der Waals surface area contributed by atoms with Crippen LogP contribution in [0.1, 0.15) is 20.3 Å². The molecule has 0 saturated carbocycles. The molecule has 2 aliphatic carbocycles. The minimum Gasteiger partial charge on any atom is -0.0761 e. The lowest BCUT2D eigenvalue weighted by Gasteiger charge is -2.08. The molecule has 0 saturated heterocycles. The van der Waals surface area contributed by atoms with Gasteiger partial charge in [-0.2, -0.15) is 0 Å². The van der Waals surface area contributed by atoms with Gasteiger partial charge in [0.15, 0.2) is 0 Å². The minimum atomic E-state index is 0.714. The first-order valence-corrected chi connectivity index (χ1v) is 4.55. The number of fused-ring (bicyclic) bond motifs is 1. The summed E-state index contributed by atoms with van der Waals surface area (Å²) in [5.41, 5.74) is 4.38. The van der Waals surface area contributed by atoms with Gasteiger partial charge in [0.25, 0.3) is 0 Å². The molecule has 0 fully saturated rings. The summed E-state index contributed by atoms with van der Waals surface area (Å²) in [6, 6.07) is 0. The van der Waals surface area contributed by atoms with Crippen molar-refractivity contribution in [2.75, 3.05) is 0 Å². The Labute approximate surface area is 74.0 Å². The lowest BCUT2D eigenvalue weighted by Crippen LogP contribution is -1.93. The minimum absolute atomic E-state index is 0.714. The lowest BCUT2D eigenvalue weighted by molar-refractivity contribution is 0.739. The fourth-order valence-electron chi connectivity index (χ4n) is 1.90. The molecule has 2 rings (SSSR count). The predicted octanol–water partition coefficient (Wildman–Crippen LogP) is 3.40. The summed E-state index contributed by atoms with van der Waals surface area (Å²) in [7, 11) is 0. The van der Waals surface area contributed by atoms with E-state index in [4.69, 9.17) is 0 Å². The predicted molar refractivity (Wildman–Crippen MR) is 52.8 cm³/mol. The molecule has 0 aromatic heterocycles. The summed E-state index contributed by atoms with van der Waals surface area (Å²) >= 11 is 0. The van der Waals surface area contributed by atoms with Gasteiger partial charge in [0.2, 0.25) is 0 Å². The first-order chi connectivity index (χ1) is 5.79. The average molecular weight is 158 g/mol. The van der Waals surface area contributed by atoms with Crippen LogP contribution in [0.4, 0.5) is 0 Å². The smallest absolute Gasteiger partial charge is 0.0150 e. The van der Waals surface area contributed by atoms with Crippen molar-refractivity contribution in [3.8, 4) is 0 Å². The van der Waals surface area contributed by atoms with Crippen molar-refractivity contribution < 1.29 is 0 Å². The highest BCUT2D eigenvalue weighted by Crippen LogP contribution is 2.35. The van der Waals surface area contributed by atoms with Gasteiger partial charge < -0.3 is 0 Å². The van der Waals surface area contributed by atoms with E-state index < -0.39 is 0 Å². The zero-order valence-corrected chi connectivity index (χ0v) is 7.67. The standard InChI is InChI=1S/C12H14/c1-9-5-3-4-6-11-10(2)7-8-12(9)11/h3-6,8,10H,7H2,1-2H3. The number of hydrogen-bond acceptors (Lipinski definition) is 0. The second-order valence-electron chi connectivity index (χ2n) is 3.61. The van der Waals surface area contributed by atoms with Crippen molar-refractivity contribution in [3.63, 3.8) is 0 Å². The Hall–Kier alpha value is -1.04. The summed E-state index contributed by atoms with van der Waals surface area (Å²) < 4.78 is 0. The van der Waals surface area contributed by atoms with Crippen LogP contribution in [0.5, 0.6) is 0 Å². The fourth-order valence-corrected chi connectivity index (χ4v) is 1.90. The molecule has 0 bridgehead atoms. The molecule has 0 aliphatic heterocycles. The molecule has 0 heteroatoms. The molecular formula is C12H14. The third-order valence-corrected chi connectivity index (χ3v) is 2.68. The summed E-state index contributed by atoms with van der Waals surface area (Å²) in [5, 5.41) is 0. The number of hydrogen-bond donors (Lipinski definition) is 0. The Morgan fingerprint density at radius 2 is 2.00 bits per heavy atom. The first kappa shape index (κ1) is 7.60. The zero-order chi connectivity index (χ0) is 8.55. The molecule has 1 unspecified atom stereocenters. The average Bonchev–Trinajstić information content (AvgIpc) is 2.30. The Kier molecular flexibility index (Phi) is 1.76. The van der Waals surface area contributed by atoms with Crippen LogP contribution in [-0.2, 0) is 0 Å². The van der Waals surface area contributed by atoms with E-state index in [1.165, 1.54) is 23.1 Å². The van der Waals surface area contributed by atoms with Gasteiger partial charge in [0.1, 0.15) is 0 Å². The molecule has 2 aliphatic rings. The highest BCUT2D eigenvalue weighted by atomic mass is 14.2. The van der Waals surface area contributed by atoms with Crippen LogP contribution in [0.25, 0.3) is 0 Å². The molecule has 0 N–H and O–H groups in total. The van der Waals surface area contributed by atoms with Gasteiger partial charge in [-0.15, -0.1) is 0 Å². The Morgan fingerprint density at radius 3 is 2.83 bits per heavy atom. The normalized spacial score (nSPS) is 27.2. The van der Waals surface area contributed by atoms with Gasteiger partial charge in [0, 0.05) is 0 Å². The molecule has 0 aromatic carbocycles. The van der Waals surface area contributed by atoms with E-state index in [1.54, 1.807) is 0 Å². The van der Waals surface area contributed by atoms with E-state index in [9.17, 15) is 0 Å². The van der Waals surface area contributed by atoms with Crippen LogP contribution in [0.2, 0.25) is 0 Å². The van der Waals surface area contributed by atoms with Crippen molar-refractivity contribution in [2.45, 2.75) is 20.3 Å². The topological polar surface area (TPSA) is 0 Å². The van der Waals surface area contributed by atoms with Crippen LogP contribution in [0.15, 0.2) is 47.1 Å². The number of rotatable bonds is 0. The van der Waals surface area contributed by atoms with E-state index >= 15 is 0 Å². The van der Waals surface area contributed by atoms with Gasteiger partial charge in [-0.3, -0.25) is 0 Å². The monoisotopic (exact) mass is 158 g/mol. The maximum atomic E-state index is 2.36. The molecule has 0 amide bonds. The van der Waals surface area contributed by atoms with E-state index in [0.29, 0.717) is 5.92 Å². The molecular weight excluding hydrogens is 144 g/mol. The summed E-state index contributed by atoms with van der Waals surface area (Å²) in [6.45, 7) is 4.48. The molecule has 0 aromatic rings. The van der Waals surface area contributed by atoms with Gasteiger partial charge in [-0.05, 0) is 36.0 Å². The Morgan fingerprint density at radius 1 is 1.25 bits per heavy atom. The van der Waals surface area contributed by atoms with Crippen molar-refractivity contribution >= 4 is 0 Å². The largest absolute Gasteiger partial charge is 0.0761 e. The van der Waals surface area contributed by atoms with Crippen LogP contribution in [-0.4, -0.2) is 0 Å². The highest BCUT2D eigenvalue weighted by molar-refractivity contribution is 5.54. The van der Waals surface area contributed by atoms with Gasteiger partial charge >= 0.3 is 0 Å². The van der Waals surface area contributed by atoms with Crippen LogP contribution in [0.3, 0.4) is 0 Å². The molecule has 0 spiro atoms. The van der Waals surface area contributed by atoms with Crippen molar-refractivity contribution in [2.24, 2.45) is 5.92 Å². The van der Waals surface area contributed by atoms with Gasteiger partial charge in [-0.25, -0.2) is 0 Å². The molecule has 0 heterocycles. The van der Waals surface area contributed by atoms with E-state index in [2.05, 4.69) is 44.2 Å². The summed E-state index contributed by atoms with van der Waals surface area (Å²) in [6.07, 6.45) is 12.3. The van der Waals surface area contributed by atoms with Crippen LogP contribution in [0, 0.1) is 5.92 Å². The summed E-state index contributed by atoms with van der Waals surface area (Å²) in [4.78, 5) is 0. The van der Waals surface area contributed by atoms with E-state index in [0.717, 1.165) is 0 Å². The molecule has 12 heavy (non-hydrogen) atoms. The van der Waals surface area contributed by atoms with E-state index in [-0.39, 0.29) is 0 Å². The van der Waals surface area contributed by atoms with Crippen molar-refractivity contribution in [1.29, 1.82) is 0 Å². The van der Waals surface area contributed by atoms with Crippen molar-refractivity contribution in [1.82, 2.24) is 0 Å². The third kappa shape index (κ3) is 1.08. The van der Waals surface area contributed by atoms with Gasteiger partial charge in [-0.1, -0.05) is 37.3 Å². The Balaban J connectivity index is 2.46. The van der Waals surface area contributed by atoms with E-state index in [1.807, 2.05) is 0 Å². The quantitative estimate of drug-likeness (QED) is 0.507. The van der Waals surface area contributed by atoms with Crippen LogP contribution < -0.4 is 0 Å². The first-order valence-electron chi connectivity index (χ1n) is 4.55. The Bertz CT molecular complexity index is 311. The molecule has 1 atom stereocenters. The SMILES string of the molecule is CC1=CC=CC=C2C1=CCC2C.